The molecule has 2 amide bonds. The number of hydrogen-bond donors (Lipinski definition) is 0. The minimum absolute atomic E-state index is 0.0447. The number of benzene rings is 2. The summed E-state index contributed by atoms with van der Waals surface area (Å²) in [7, 11) is 0. The van der Waals surface area contributed by atoms with E-state index in [0.29, 0.717) is 39.2 Å². The third-order valence-electron chi connectivity index (χ3n) is 4.42. The monoisotopic (exact) mass is 368 g/mol. The lowest BCUT2D eigenvalue weighted by Crippen LogP contribution is -2.50. The molecule has 1 aliphatic heterocycles. The molecule has 2 aromatic rings. The van der Waals surface area contributed by atoms with Crippen molar-refractivity contribution in [3.8, 4) is 5.75 Å². The molecule has 6 nitrogen and oxygen atoms in total. The first-order valence-corrected chi connectivity index (χ1v) is 9.13. The zero-order chi connectivity index (χ0) is 18.9. The van der Waals surface area contributed by atoms with Crippen LogP contribution in [0.4, 0.5) is 4.79 Å². The van der Waals surface area contributed by atoms with E-state index in [9.17, 15) is 9.59 Å². The van der Waals surface area contributed by atoms with Crippen LogP contribution in [0.25, 0.3) is 0 Å². The molecule has 2 aromatic carbocycles. The summed E-state index contributed by atoms with van der Waals surface area (Å²) >= 11 is 0. The van der Waals surface area contributed by atoms with Crippen molar-refractivity contribution in [1.29, 1.82) is 0 Å². The van der Waals surface area contributed by atoms with Crippen LogP contribution >= 0.6 is 0 Å². The molecule has 6 heteroatoms. The predicted molar refractivity (Wildman–Crippen MR) is 101 cm³/mol. The molecular weight excluding hydrogens is 344 g/mol. The number of amides is 2. The summed E-state index contributed by atoms with van der Waals surface area (Å²) < 4.78 is 10.9. The lowest BCUT2D eigenvalue weighted by Gasteiger charge is -2.34. The first-order valence-electron chi connectivity index (χ1n) is 9.13. The number of carbonyl (C=O) groups excluding carboxylic acids is 2. The van der Waals surface area contributed by atoms with Crippen LogP contribution in [0.5, 0.6) is 5.75 Å². The Morgan fingerprint density at radius 1 is 0.815 bits per heavy atom. The van der Waals surface area contributed by atoms with Gasteiger partial charge in [0.05, 0.1) is 13.0 Å². The zero-order valence-electron chi connectivity index (χ0n) is 15.3. The molecular formula is C21H24N2O4. The molecule has 0 unspecified atom stereocenters. The van der Waals surface area contributed by atoms with Crippen molar-refractivity contribution in [1.82, 2.24) is 9.80 Å². The standard InChI is InChI=1S/C21H24N2O4/c24-20(11-16-26-19-9-5-2-6-10-19)22-12-14-23(15-13-22)21(25)27-17-18-7-3-1-4-8-18/h1-10H,11-17H2. The maximum absolute atomic E-state index is 12.3. The molecule has 0 N–H and O–H groups in total. The predicted octanol–water partition coefficient (Wildman–Crippen LogP) is 2.94. The van der Waals surface area contributed by atoms with Crippen molar-refractivity contribution in [3.05, 3.63) is 66.2 Å². The van der Waals surface area contributed by atoms with E-state index < -0.39 is 0 Å². The minimum atomic E-state index is -0.335. The fourth-order valence-corrected chi connectivity index (χ4v) is 2.88. The number of rotatable bonds is 6. The van der Waals surface area contributed by atoms with Crippen LogP contribution < -0.4 is 4.74 Å². The molecule has 1 aliphatic rings. The van der Waals surface area contributed by atoms with E-state index in [0.717, 1.165) is 11.3 Å². The lowest BCUT2D eigenvalue weighted by molar-refractivity contribution is -0.133. The zero-order valence-corrected chi connectivity index (χ0v) is 15.3. The second kappa shape index (κ2) is 9.62. The number of para-hydroxylation sites is 1. The molecule has 0 aromatic heterocycles. The van der Waals surface area contributed by atoms with Gasteiger partial charge in [0.15, 0.2) is 0 Å². The molecule has 0 radical (unpaired) electrons. The largest absolute Gasteiger partial charge is 0.493 e. The number of piperazine rings is 1. The summed E-state index contributed by atoms with van der Waals surface area (Å²) in [6.07, 6.45) is -0.00812. The van der Waals surface area contributed by atoms with Crippen molar-refractivity contribution >= 4 is 12.0 Å². The Bertz CT molecular complexity index is 728. The Labute approximate surface area is 159 Å². The first-order chi connectivity index (χ1) is 13.2. The molecule has 1 fully saturated rings. The van der Waals surface area contributed by atoms with Gasteiger partial charge in [-0.05, 0) is 17.7 Å². The molecule has 142 valence electrons. The average Bonchev–Trinajstić information content (AvgIpc) is 2.73. The van der Waals surface area contributed by atoms with E-state index in [1.807, 2.05) is 60.7 Å². The summed E-state index contributed by atoms with van der Waals surface area (Å²) in [5.41, 5.74) is 0.957. The van der Waals surface area contributed by atoms with Gasteiger partial charge in [0.2, 0.25) is 5.91 Å². The van der Waals surface area contributed by atoms with Crippen molar-refractivity contribution in [3.63, 3.8) is 0 Å². The van der Waals surface area contributed by atoms with Crippen LogP contribution in [-0.2, 0) is 16.1 Å². The Balaban J connectivity index is 1.35. The van der Waals surface area contributed by atoms with Crippen LogP contribution in [0.2, 0.25) is 0 Å². The number of hydrogen-bond acceptors (Lipinski definition) is 4. The van der Waals surface area contributed by atoms with E-state index in [1.54, 1.807) is 9.80 Å². The van der Waals surface area contributed by atoms with E-state index >= 15 is 0 Å². The van der Waals surface area contributed by atoms with Gasteiger partial charge in [-0.3, -0.25) is 4.79 Å². The first kappa shape index (κ1) is 18.8. The van der Waals surface area contributed by atoms with Crippen molar-refractivity contribution in [2.24, 2.45) is 0 Å². The quantitative estimate of drug-likeness (QED) is 0.787. The van der Waals surface area contributed by atoms with Gasteiger partial charge >= 0.3 is 6.09 Å². The Kier molecular flexibility index (Phi) is 6.68. The Hall–Kier alpha value is -3.02. The van der Waals surface area contributed by atoms with E-state index in [-0.39, 0.29) is 18.6 Å². The van der Waals surface area contributed by atoms with Gasteiger partial charge in [0, 0.05) is 26.2 Å². The Morgan fingerprint density at radius 2 is 1.41 bits per heavy atom. The molecule has 0 atom stereocenters. The van der Waals surface area contributed by atoms with Gasteiger partial charge in [-0.1, -0.05) is 48.5 Å². The summed E-state index contributed by atoms with van der Waals surface area (Å²) in [5, 5.41) is 0. The van der Waals surface area contributed by atoms with Crippen LogP contribution in [-0.4, -0.2) is 54.6 Å². The lowest BCUT2D eigenvalue weighted by atomic mass is 10.2. The molecule has 0 saturated carbocycles. The molecule has 0 bridgehead atoms. The van der Waals surface area contributed by atoms with Crippen LogP contribution in [0.1, 0.15) is 12.0 Å². The fourth-order valence-electron chi connectivity index (χ4n) is 2.88. The van der Waals surface area contributed by atoms with E-state index in [4.69, 9.17) is 9.47 Å². The molecule has 0 aliphatic carbocycles. The van der Waals surface area contributed by atoms with Crippen molar-refractivity contribution in [2.75, 3.05) is 32.8 Å². The summed E-state index contributed by atoms with van der Waals surface area (Å²) in [4.78, 5) is 27.9. The number of carbonyl (C=O) groups is 2. The summed E-state index contributed by atoms with van der Waals surface area (Å²) in [5.74, 6) is 0.805. The number of nitrogens with zero attached hydrogens (tertiary/aromatic N) is 2. The molecule has 3 rings (SSSR count). The highest BCUT2D eigenvalue weighted by atomic mass is 16.6. The highest BCUT2D eigenvalue weighted by molar-refractivity contribution is 5.77. The van der Waals surface area contributed by atoms with Crippen LogP contribution in [0, 0.1) is 0 Å². The SMILES string of the molecule is O=C(CCOc1ccccc1)N1CCN(C(=O)OCc2ccccc2)CC1. The topological polar surface area (TPSA) is 59.1 Å². The van der Waals surface area contributed by atoms with Crippen molar-refractivity contribution in [2.45, 2.75) is 13.0 Å². The molecule has 0 spiro atoms. The number of ether oxygens (including phenoxy) is 2. The summed E-state index contributed by atoms with van der Waals surface area (Å²) in [6, 6.07) is 19.0. The summed E-state index contributed by atoms with van der Waals surface area (Å²) in [6.45, 7) is 2.62. The normalized spacial score (nSPS) is 13.9. The minimum Gasteiger partial charge on any atom is -0.493 e. The van der Waals surface area contributed by atoms with E-state index in [1.165, 1.54) is 0 Å². The highest BCUT2D eigenvalue weighted by Gasteiger charge is 2.24. The molecule has 27 heavy (non-hydrogen) atoms. The van der Waals surface area contributed by atoms with Gasteiger partial charge < -0.3 is 19.3 Å². The highest BCUT2D eigenvalue weighted by Crippen LogP contribution is 2.10. The average molecular weight is 368 g/mol. The third-order valence-corrected chi connectivity index (χ3v) is 4.42. The smallest absolute Gasteiger partial charge is 0.410 e. The van der Waals surface area contributed by atoms with Crippen LogP contribution in [0.15, 0.2) is 60.7 Å². The van der Waals surface area contributed by atoms with Crippen LogP contribution in [0.3, 0.4) is 0 Å². The van der Waals surface area contributed by atoms with E-state index in [2.05, 4.69) is 0 Å². The Morgan fingerprint density at radius 3 is 2.07 bits per heavy atom. The molecule has 1 saturated heterocycles. The maximum Gasteiger partial charge on any atom is 0.410 e. The van der Waals surface area contributed by atoms with Gasteiger partial charge in [-0.15, -0.1) is 0 Å². The van der Waals surface area contributed by atoms with Gasteiger partial charge in [-0.25, -0.2) is 4.79 Å². The maximum atomic E-state index is 12.3. The second-order valence-electron chi connectivity index (χ2n) is 6.32. The molecule has 1 heterocycles. The third kappa shape index (κ3) is 5.74. The van der Waals surface area contributed by atoms with Gasteiger partial charge in [0.25, 0.3) is 0 Å². The second-order valence-corrected chi connectivity index (χ2v) is 6.32. The van der Waals surface area contributed by atoms with Crippen molar-refractivity contribution < 1.29 is 19.1 Å². The van der Waals surface area contributed by atoms with Gasteiger partial charge in [0.1, 0.15) is 12.4 Å². The van der Waals surface area contributed by atoms with Gasteiger partial charge in [-0.2, -0.15) is 0 Å². The fraction of sp³-hybridized carbons (Fsp3) is 0.333.